The lowest BCUT2D eigenvalue weighted by Crippen LogP contribution is -2.25. The Bertz CT molecular complexity index is 630. The van der Waals surface area contributed by atoms with Gasteiger partial charge in [-0.2, -0.15) is 0 Å². The highest BCUT2D eigenvalue weighted by Crippen LogP contribution is 2.38. The Hall–Kier alpha value is -2.03. The standard InChI is InChI=1S/C18H23N3/c19-18(20)21-12-13-8-10-15(11-9-13)17-7-3-5-14-4-1-2-6-16(14)17/h1-7,13,15H,8-12H2,(H4,19,20,21). The summed E-state index contributed by atoms with van der Waals surface area (Å²) >= 11 is 0. The summed E-state index contributed by atoms with van der Waals surface area (Å²) in [7, 11) is 0. The molecule has 1 aliphatic carbocycles. The summed E-state index contributed by atoms with van der Waals surface area (Å²) in [4.78, 5) is 4.17. The molecule has 3 heteroatoms. The van der Waals surface area contributed by atoms with Gasteiger partial charge in [0.05, 0.1) is 0 Å². The predicted octanol–water partition coefficient (Wildman–Crippen LogP) is 3.39. The first-order valence-corrected chi connectivity index (χ1v) is 7.77. The predicted molar refractivity (Wildman–Crippen MR) is 89.3 cm³/mol. The zero-order valence-electron chi connectivity index (χ0n) is 12.3. The van der Waals surface area contributed by atoms with Crippen molar-refractivity contribution in [2.24, 2.45) is 22.4 Å². The largest absolute Gasteiger partial charge is 0.370 e. The van der Waals surface area contributed by atoms with Crippen LogP contribution in [0.2, 0.25) is 0 Å². The number of nitrogens with two attached hydrogens (primary N) is 2. The minimum Gasteiger partial charge on any atom is -0.370 e. The van der Waals surface area contributed by atoms with Crippen LogP contribution in [-0.2, 0) is 0 Å². The molecular weight excluding hydrogens is 258 g/mol. The van der Waals surface area contributed by atoms with Crippen LogP contribution < -0.4 is 11.5 Å². The van der Waals surface area contributed by atoms with Crippen molar-refractivity contribution in [1.82, 2.24) is 0 Å². The second-order valence-corrected chi connectivity index (χ2v) is 6.05. The smallest absolute Gasteiger partial charge is 0.185 e. The maximum Gasteiger partial charge on any atom is 0.185 e. The van der Waals surface area contributed by atoms with Crippen molar-refractivity contribution in [3.63, 3.8) is 0 Å². The van der Waals surface area contributed by atoms with E-state index in [4.69, 9.17) is 11.5 Å². The first kappa shape index (κ1) is 13.9. The summed E-state index contributed by atoms with van der Waals surface area (Å²) < 4.78 is 0. The molecule has 2 aromatic carbocycles. The Morgan fingerprint density at radius 2 is 1.67 bits per heavy atom. The molecule has 3 nitrogen and oxygen atoms in total. The fourth-order valence-corrected chi connectivity index (χ4v) is 3.50. The highest BCUT2D eigenvalue weighted by Gasteiger charge is 2.23. The third-order valence-electron chi connectivity index (χ3n) is 4.64. The van der Waals surface area contributed by atoms with E-state index in [9.17, 15) is 0 Å². The van der Waals surface area contributed by atoms with E-state index in [1.165, 1.54) is 42.0 Å². The number of aliphatic imine (C=N–C) groups is 1. The number of fused-ring (bicyclic) bond motifs is 1. The maximum atomic E-state index is 5.42. The van der Waals surface area contributed by atoms with Crippen molar-refractivity contribution in [3.8, 4) is 0 Å². The van der Waals surface area contributed by atoms with Crippen molar-refractivity contribution in [1.29, 1.82) is 0 Å². The van der Waals surface area contributed by atoms with Gasteiger partial charge in [0.15, 0.2) is 5.96 Å². The Kier molecular flexibility index (Phi) is 4.09. The Balaban J connectivity index is 1.73. The second kappa shape index (κ2) is 6.17. The molecule has 1 aliphatic rings. The van der Waals surface area contributed by atoms with E-state index in [0.29, 0.717) is 11.8 Å². The van der Waals surface area contributed by atoms with Crippen LogP contribution in [0.5, 0.6) is 0 Å². The van der Waals surface area contributed by atoms with E-state index < -0.39 is 0 Å². The van der Waals surface area contributed by atoms with Gasteiger partial charge in [-0.25, -0.2) is 0 Å². The van der Waals surface area contributed by atoms with Crippen LogP contribution in [0.3, 0.4) is 0 Å². The number of rotatable bonds is 3. The number of guanidine groups is 1. The summed E-state index contributed by atoms with van der Waals surface area (Å²) in [6, 6.07) is 15.4. The molecule has 0 radical (unpaired) electrons. The van der Waals surface area contributed by atoms with Crippen LogP contribution >= 0.6 is 0 Å². The van der Waals surface area contributed by atoms with E-state index in [-0.39, 0.29) is 5.96 Å². The minimum atomic E-state index is 0.214. The summed E-state index contributed by atoms with van der Waals surface area (Å²) in [6.45, 7) is 0.782. The van der Waals surface area contributed by atoms with E-state index in [2.05, 4.69) is 47.5 Å². The Morgan fingerprint density at radius 1 is 0.952 bits per heavy atom. The highest BCUT2D eigenvalue weighted by molar-refractivity contribution is 5.86. The van der Waals surface area contributed by atoms with Crippen LogP contribution in [0.4, 0.5) is 0 Å². The molecule has 3 rings (SSSR count). The van der Waals surface area contributed by atoms with Crippen molar-refractivity contribution < 1.29 is 0 Å². The van der Waals surface area contributed by atoms with Crippen LogP contribution in [-0.4, -0.2) is 12.5 Å². The first-order valence-electron chi connectivity index (χ1n) is 7.77. The van der Waals surface area contributed by atoms with E-state index in [0.717, 1.165) is 6.54 Å². The average Bonchev–Trinajstić information content (AvgIpc) is 2.53. The molecule has 1 saturated carbocycles. The SMILES string of the molecule is NC(N)=NCC1CCC(c2cccc3ccccc23)CC1. The quantitative estimate of drug-likeness (QED) is 0.669. The lowest BCUT2D eigenvalue weighted by molar-refractivity contribution is 0.334. The molecule has 0 saturated heterocycles. The van der Waals surface area contributed by atoms with Gasteiger partial charge >= 0.3 is 0 Å². The van der Waals surface area contributed by atoms with Gasteiger partial charge in [0.25, 0.3) is 0 Å². The third kappa shape index (κ3) is 3.18. The number of hydrogen-bond acceptors (Lipinski definition) is 1. The fourth-order valence-electron chi connectivity index (χ4n) is 3.50. The van der Waals surface area contributed by atoms with Crippen molar-refractivity contribution in [3.05, 3.63) is 48.0 Å². The summed E-state index contributed by atoms with van der Waals surface area (Å²) in [5.74, 6) is 1.52. The number of hydrogen-bond donors (Lipinski definition) is 2. The summed E-state index contributed by atoms with van der Waals surface area (Å²) in [5.41, 5.74) is 12.3. The van der Waals surface area contributed by atoms with Crippen LogP contribution in [0, 0.1) is 5.92 Å². The summed E-state index contributed by atoms with van der Waals surface area (Å²) in [6.07, 6.45) is 4.90. The molecule has 0 heterocycles. The van der Waals surface area contributed by atoms with Gasteiger partial charge < -0.3 is 11.5 Å². The van der Waals surface area contributed by atoms with E-state index in [1.54, 1.807) is 0 Å². The lowest BCUT2D eigenvalue weighted by Gasteiger charge is -2.28. The molecule has 4 N–H and O–H groups in total. The van der Waals surface area contributed by atoms with Crippen molar-refractivity contribution >= 4 is 16.7 Å². The van der Waals surface area contributed by atoms with Gasteiger partial charge in [-0.3, -0.25) is 4.99 Å². The van der Waals surface area contributed by atoms with Crippen molar-refractivity contribution in [2.75, 3.05) is 6.54 Å². The molecule has 0 amide bonds. The highest BCUT2D eigenvalue weighted by atomic mass is 15.0. The van der Waals surface area contributed by atoms with Gasteiger partial charge in [-0.1, -0.05) is 42.5 Å². The fraction of sp³-hybridized carbons (Fsp3) is 0.389. The van der Waals surface area contributed by atoms with Gasteiger partial charge in [0.1, 0.15) is 0 Å². The normalized spacial score (nSPS) is 22.1. The third-order valence-corrected chi connectivity index (χ3v) is 4.64. The molecule has 0 aliphatic heterocycles. The molecule has 1 fully saturated rings. The maximum absolute atomic E-state index is 5.42. The molecule has 0 atom stereocenters. The molecule has 0 unspecified atom stereocenters. The number of benzene rings is 2. The topological polar surface area (TPSA) is 64.4 Å². The molecule has 2 aromatic rings. The molecule has 0 aromatic heterocycles. The van der Waals surface area contributed by atoms with Gasteiger partial charge in [0.2, 0.25) is 0 Å². The lowest BCUT2D eigenvalue weighted by atomic mass is 9.77. The van der Waals surface area contributed by atoms with Crippen LogP contribution in [0.25, 0.3) is 10.8 Å². The zero-order valence-corrected chi connectivity index (χ0v) is 12.3. The van der Waals surface area contributed by atoms with E-state index in [1.807, 2.05) is 0 Å². The molecule has 110 valence electrons. The van der Waals surface area contributed by atoms with Gasteiger partial charge in [-0.15, -0.1) is 0 Å². The number of nitrogens with zero attached hydrogens (tertiary/aromatic N) is 1. The average molecular weight is 281 g/mol. The molecule has 21 heavy (non-hydrogen) atoms. The van der Waals surface area contributed by atoms with E-state index >= 15 is 0 Å². The van der Waals surface area contributed by atoms with Crippen LogP contribution in [0.15, 0.2) is 47.5 Å². The van der Waals surface area contributed by atoms with Gasteiger partial charge in [-0.05, 0) is 53.9 Å². The second-order valence-electron chi connectivity index (χ2n) is 6.05. The van der Waals surface area contributed by atoms with Crippen LogP contribution in [0.1, 0.15) is 37.2 Å². The first-order chi connectivity index (χ1) is 10.2. The monoisotopic (exact) mass is 281 g/mol. The summed E-state index contributed by atoms with van der Waals surface area (Å²) in [5, 5.41) is 2.75. The Morgan fingerprint density at radius 3 is 2.43 bits per heavy atom. The molecular formula is C18H23N3. The molecule has 0 bridgehead atoms. The van der Waals surface area contributed by atoms with Gasteiger partial charge in [0, 0.05) is 6.54 Å². The Labute approximate surface area is 126 Å². The molecule has 0 spiro atoms. The minimum absolute atomic E-state index is 0.214. The van der Waals surface area contributed by atoms with Crippen molar-refractivity contribution in [2.45, 2.75) is 31.6 Å². The zero-order chi connectivity index (χ0) is 14.7.